The Kier molecular flexibility index (Phi) is 5.34. The molecule has 1 saturated carbocycles. The van der Waals surface area contributed by atoms with Crippen LogP contribution in [-0.2, 0) is 4.79 Å². The molecular weight excluding hydrogens is 354 g/mol. The summed E-state index contributed by atoms with van der Waals surface area (Å²) in [5.74, 6) is -2.31. The first-order valence-corrected chi connectivity index (χ1v) is 8.87. The van der Waals surface area contributed by atoms with Crippen LogP contribution in [0.4, 0.5) is 0 Å². The Labute approximate surface area is 154 Å². The number of aliphatic carboxylic acids is 1. The van der Waals surface area contributed by atoms with E-state index in [9.17, 15) is 19.5 Å². The molecule has 1 aromatic heterocycles. The zero-order valence-corrected chi connectivity index (χ0v) is 14.9. The van der Waals surface area contributed by atoms with E-state index in [0.29, 0.717) is 5.75 Å². The van der Waals surface area contributed by atoms with Gasteiger partial charge in [0.25, 0.3) is 5.91 Å². The lowest BCUT2D eigenvalue weighted by Gasteiger charge is -2.23. The second kappa shape index (κ2) is 7.69. The molecular formula is C19H21NO7. The molecule has 3 N–H and O–H groups in total. The SMILES string of the molecule is C[C@H](NC(=O)c1c(O)c2ccc(OC3CCCCC3)cc2oc1=O)C(=O)O. The number of carbonyl (C=O) groups is 2. The first kappa shape index (κ1) is 18.8. The summed E-state index contributed by atoms with van der Waals surface area (Å²) in [5.41, 5.74) is -1.59. The zero-order chi connectivity index (χ0) is 19.6. The summed E-state index contributed by atoms with van der Waals surface area (Å²) in [7, 11) is 0. The van der Waals surface area contributed by atoms with Crippen molar-refractivity contribution >= 4 is 22.8 Å². The smallest absolute Gasteiger partial charge is 0.353 e. The molecule has 0 unspecified atom stereocenters. The summed E-state index contributed by atoms with van der Waals surface area (Å²) >= 11 is 0. The van der Waals surface area contributed by atoms with Crippen LogP contribution in [0.25, 0.3) is 11.0 Å². The van der Waals surface area contributed by atoms with Gasteiger partial charge in [-0.25, -0.2) is 4.79 Å². The number of aromatic hydroxyl groups is 1. The van der Waals surface area contributed by atoms with Crippen LogP contribution < -0.4 is 15.7 Å². The van der Waals surface area contributed by atoms with E-state index in [2.05, 4.69) is 5.32 Å². The van der Waals surface area contributed by atoms with E-state index < -0.39 is 34.9 Å². The van der Waals surface area contributed by atoms with Crippen molar-refractivity contribution in [3.8, 4) is 11.5 Å². The average molecular weight is 375 g/mol. The maximum Gasteiger partial charge on any atom is 0.353 e. The molecule has 1 aliphatic rings. The Morgan fingerprint density at radius 1 is 1.26 bits per heavy atom. The van der Waals surface area contributed by atoms with Gasteiger partial charge in [0.2, 0.25) is 0 Å². The van der Waals surface area contributed by atoms with E-state index in [1.165, 1.54) is 25.5 Å². The van der Waals surface area contributed by atoms with Gasteiger partial charge in [-0.1, -0.05) is 6.42 Å². The predicted octanol–water partition coefficient (Wildman–Crippen LogP) is 2.41. The number of amides is 1. The van der Waals surface area contributed by atoms with Gasteiger partial charge in [0, 0.05) is 6.07 Å². The van der Waals surface area contributed by atoms with Gasteiger partial charge in [0.15, 0.2) is 5.56 Å². The van der Waals surface area contributed by atoms with Crippen molar-refractivity contribution in [2.24, 2.45) is 0 Å². The normalized spacial score (nSPS) is 16.0. The summed E-state index contributed by atoms with van der Waals surface area (Å²) < 4.78 is 11.1. The highest BCUT2D eigenvalue weighted by atomic mass is 16.5. The fourth-order valence-corrected chi connectivity index (χ4v) is 3.14. The van der Waals surface area contributed by atoms with Gasteiger partial charge < -0.3 is 24.7 Å². The Hall–Kier alpha value is -3.03. The minimum absolute atomic E-state index is 0.0913. The second-order valence-electron chi connectivity index (χ2n) is 6.68. The van der Waals surface area contributed by atoms with Crippen LogP contribution in [0, 0.1) is 0 Å². The highest BCUT2D eigenvalue weighted by Gasteiger charge is 2.24. The van der Waals surface area contributed by atoms with Crippen LogP contribution in [0.2, 0.25) is 0 Å². The molecule has 144 valence electrons. The number of hydrogen-bond acceptors (Lipinski definition) is 6. The third-order valence-corrected chi connectivity index (χ3v) is 4.65. The summed E-state index contributed by atoms with van der Waals surface area (Å²) in [6.07, 6.45) is 5.47. The number of carboxylic acids is 1. The van der Waals surface area contributed by atoms with Gasteiger partial charge in [0.1, 0.15) is 23.1 Å². The third kappa shape index (κ3) is 4.05. The van der Waals surface area contributed by atoms with Gasteiger partial charge >= 0.3 is 11.6 Å². The predicted molar refractivity (Wildman–Crippen MR) is 96.2 cm³/mol. The standard InChI is InChI=1S/C19H21NO7/c1-10(18(23)24)20-17(22)15-16(21)13-8-7-12(9-14(13)27-19(15)25)26-11-5-3-2-4-6-11/h7-11,21H,2-6H2,1H3,(H,20,22)(H,23,24)/t10-/m0/s1. The lowest BCUT2D eigenvalue weighted by Crippen LogP contribution is -2.40. The van der Waals surface area contributed by atoms with Gasteiger partial charge in [-0.05, 0) is 44.7 Å². The van der Waals surface area contributed by atoms with Crippen molar-refractivity contribution in [3.05, 3.63) is 34.2 Å². The van der Waals surface area contributed by atoms with Crippen LogP contribution in [-0.4, -0.2) is 34.2 Å². The molecule has 27 heavy (non-hydrogen) atoms. The first-order valence-electron chi connectivity index (χ1n) is 8.87. The zero-order valence-electron chi connectivity index (χ0n) is 14.9. The fourth-order valence-electron chi connectivity index (χ4n) is 3.14. The van der Waals surface area contributed by atoms with Crippen molar-refractivity contribution in [1.82, 2.24) is 5.32 Å². The summed E-state index contributed by atoms with van der Waals surface area (Å²) in [5, 5.41) is 21.5. The molecule has 0 radical (unpaired) electrons. The molecule has 0 saturated heterocycles. The number of rotatable bonds is 5. The van der Waals surface area contributed by atoms with Crippen molar-refractivity contribution in [3.63, 3.8) is 0 Å². The Morgan fingerprint density at radius 3 is 2.63 bits per heavy atom. The van der Waals surface area contributed by atoms with Crippen LogP contribution in [0.15, 0.2) is 27.4 Å². The van der Waals surface area contributed by atoms with Gasteiger partial charge in [0.05, 0.1) is 11.5 Å². The van der Waals surface area contributed by atoms with Crippen molar-refractivity contribution in [2.75, 3.05) is 0 Å². The molecule has 0 bridgehead atoms. The number of hydrogen-bond donors (Lipinski definition) is 3. The van der Waals surface area contributed by atoms with E-state index >= 15 is 0 Å². The molecule has 1 aliphatic carbocycles. The van der Waals surface area contributed by atoms with Crippen molar-refractivity contribution < 1.29 is 29.0 Å². The summed E-state index contributed by atoms with van der Waals surface area (Å²) in [4.78, 5) is 35.2. The third-order valence-electron chi connectivity index (χ3n) is 4.65. The molecule has 0 aliphatic heterocycles. The number of ether oxygens (including phenoxy) is 1. The highest BCUT2D eigenvalue weighted by molar-refractivity contribution is 6.02. The van der Waals surface area contributed by atoms with E-state index in [-0.39, 0.29) is 17.1 Å². The molecule has 1 heterocycles. The molecule has 2 aromatic rings. The summed E-state index contributed by atoms with van der Waals surface area (Å²) in [6, 6.07) is 3.42. The van der Waals surface area contributed by atoms with Crippen LogP contribution >= 0.6 is 0 Å². The second-order valence-corrected chi connectivity index (χ2v) is 6.68. The van der Waals surface area contributed by atoms with Crippen LogP contribution in [0.3, 0.4) is 0 Å². The summed E-state index contributed by atoms with van der Waals surface area (Å²) in [6.45, 7) is 1.24. The van der Waals surface area contributed by atoms with Gasteiger partial charge in [-0.2, -0.15) is 0 Å². The first-order chi connectivity index (χ1) is 12.9. The van der Waals surface area contributed by atoms with Gasteiger partial charge in [-0.15, -0.1) is 0 Å². The molecule has 8 nitrogen and oxygen atoms in total. The lowest BCUT2D eigenvalue weighted by molar-refractivity contribution is -0.138. The molecule has 1 amide bonds. The monoisotopic (exact) mass is 375 g/mol. The van der Waals surface area contributed by atoms with E-state index in [0.717, 1.165) is 25.7 Å². The van der Waals surface area contributed by atoms with Crippen LogP contribution in [0.5, 0.6) is 11.5 Å². The minimum atomic E-state index is -1.27. The van der Waals surface area contributed by atoms with E-state index in [1.807, 2.05) is 0 Å². The Bertz CT molecular complexity index is 928. The number of fused-ring (bicyclic) bond motifs is 1. The molecule has 8 heteroatoms. The molecule has 3 rings (SSSR count). The maximum atomic E-state index is 12.2. The van der Waals surface area contributed by atoms with Gasteiger partial charge in [-0.3, -0.25) is 9.59 Å². The Morgan fingerprint density at radius 2 is 1.96 bits per heavy atom. The lowest BCUT2D eigenvalue weighted by atomic mass is 9.98. The molecule has 1 atom stereocenters. The molecule has 1 fully saturated rings. The highest BCUT2D eigenvalue weighted by Crippen LogP contribution is 2.31. The quantitative estimate of drug-likeness (QED) is 0.685. The number of nitrogens with one attached hydrogen (secondary N) is 1. The topological polar surface area (TPSA) is 126 Å². The van der Waals surface area contributed by atoms with Crippen molar-refractivity contribution in [2.45, 2.75) is 51.2 Å². The fraction of sp³-hybridized carbons (Fsp3) is 0.421. The Balaban J connectivity index is 1.90. The van der Waals surface area contributed by atoms with E-state index in [1.54, 1.807) is 6.07 Å². The number of carbonyl (C=O) groups excluding carboxylic acids is 1. The molecule has 1 aromatic carbocycles. The number of carboxylic acid groups (broad SMARTS) is 1. The maximum absolute atomic E-state index is 12.2. The minimum Gasteiger partial charge on any atom is -0.506 e. The van der Waals surface area contributed by atoms with Crippen molar-refractivity contribution in [1.29, 1.82) is 0 Å². The van der Waals surface area contributed by atoms with E-state index in [4.69, 9.17) is 14.3 Å². The number of benzene rings is 1. The average Bonchev–Trinajstić information content (AvgIpc) is 2.62. The van der Waals surface area contributed by atoms with Crippen LogP contribution in [0.1, 0.15) is 49.4 Å². The molecule has 0 spiro atoms. The largest absolute Gasteiger partial charge is 0.506 e.